The number of ketones is 4. The Hall–Kier alpha value is -6.74. The lowest BCUT2D eigenvalue weighted by molar-refractivity contribution is 0.0978. The molecular formula is C46H28N2O4S2. The topological polar surface area (TPSA) is 74.8 Å². The normalized spacial score (nSPS) is 13.3. The summed E-state index contributed by atoms with van der Waals surface area (Å²) in [5.41, 5.74) is 4.47. The van der Waals surface area contributed by atoms with Gasteiger partial charge in [0.25, 0.3) is 0 Å². The smallest absolute Gasteiger partial charge is 0.197 e. The molecule has 54 heavy (non-hydrogen) atoms. The first-order valence-electron chi connectivity index (χ1n) is 17.2. The van der Waals surface area contributed by atoms with Gasteiger partial charge in [-0.1, -0.05) is 72.8 Å². The molecule has 0 saturated heterocycles. The summed E-state index contributed by atoms with van der Waals surface area (Å²) in [7, 11) is 0. The number of rotatable bonds is 8. The second-order valence-electron chi connectivity index (χ2n) is 12.7. The van der Waals surface area contributed by atoms with Gasteiger partial charge in [0, 0.05) is 54.8 Å². The van der Waals surface area contributed by atoms with E-state index in [1.807, 2.05) is 146 Å². The van der Waals surface area contributed by atoms with E-state index in [1.165, 1.54) is 34.8 Å². The van der Waals surface area contributed by atoms with Crippen molar-refractivity contribution in [3.8, 4) is 0 Å². The van der Waals surface area contributed by atoms with Crippen molar-refractivity contribution in [3.05, 3.63) is 201 Å². The number of thiophene rings is 2. The quantitative estimate of drug-likeness (QED) is 0.114. The number of hydrogen-bond donors (Lipinski definition) is 0. The third-order valence-electron chi connectivity index (χ3n) is 9.41. The summed E-state index contributed by atoms with van der Waals surface area (Å²) in [5, 5.41) is 1.82. The first-order chi connectivity index (χ1) is 26.4. The molecule has 8 heteroatoms. The Morgan fingerprint density at radius 1 is 0.352 bits per heavy atom. The van der Waals surface area contributed by atoms with Crippen LogP contribution in [0.4, 0.5) is 32.8 Å². The van der Waals surface area contributed by atoms with Gasteiger partial charge < -0.3 is 9.80 Å². The fourth-order valence-electron chi connectivity index (χ4n) is 6.88. The second kappa shape index (κ2) is 13.7. The molecule has 0 radical (unpaired) electrons. The first kappa shape index (κ1) is 33.1. The number of hydrogen-bond acceptors (Lipinski definition) is 8. The lowest BCUT2D eigenvalue weighted by atomic mass is 10.0. The van der Waals surface area contributed by atoms with Crippen molar-refractivity contribution in [1.82, 2.24) is 0 Å². The van der Waals surface area contributed by atoms with E-state index in [1.54, 1.807) is 12.2 Å². The van der Waals surface area contributed by atoms with Crippen LogP contribution in [-0.4, -0.2) is 23.1 Å². The molecule has 0 amide bonds. The van der Waals surface area contributed by atoms with Crippen LogP contribution in [0.2, 0.25) is 0 Å². The Balaban J connectivity index is 0.999. The van der Waals surface area contributed by atoms with Crippen molar-refractivity contribution in [1.29, 1.82) is 0 Å². The van der Waals surface area contributed by atoms with E-state index in [0.29, 0.717) is 0 Å². The highest BCUT2D eigenvalue weighted by molar-refractivity contribution is 7.17. The number of carbonyl (C=O) groups is 4. The molecule has 2 heterocycles. The zero-order valence-electron chi connectivity index (χ0n) is 28.5. The van der Waals surface area contributed by atoms with Gasteiger partial charge >= 0.3 is 0 Å². The maximum absolute atomic E-state index is 13.7. The van der Waals surface area contributed by atoms with Crippen LogP contribution in [0, 0.1) is 0 Å². The Morgan fingerprint density at radius 2 is 0.630 bits per heavy atom. The van der Waals surface area contributed by atoms with E-state index in [9.17, 15) is 19.2 Å². The predicted molar refractivity (Wildman–Crippen MR) is 218 cm³/mol. The number of fused-ring (bicyclic) bond motifs is 2. The summed E-state index contributed by atoms with van der Waals surface area (Å²) in [5.74, 6) is -1.84. The van der Waals surface area contributed by atoms with Gasteiger partial charge in [-0.3, -0.25) is 19.2 Å². The van der Waals surface area contributed by atoms with Crippen molar-refractivity contribution in [2.24, 2.45) is 0 Å². The molecule has 0 N–H and O–H groups in total. The van der Waals surface area contributed by atoms with Crippen molar-refractivity contribution < 1.29 is 19.2 Å². The molecule has 0 unspecified atom stereocenters. The summed E-state index contributed by atoms with van der Waals surface area (Å²) >= 11 is 2.90. The third kappa shape index (κ3) is 5.84. The van der Waals surface area contributed by atoms with Gasteiger partial charge in [0.15, 0.2) is 23.1 Å². The molecule has 6 nitrogen and oxygen atoms in total. The molecule has 2 aliphatic carbocycles. The van der Waals surface area contributed by atoms with Crippen LogP contribution in [0.25, 0.3) is 12.2 Å². The average molecular weight is 737 g/mol. The fraction of sp³-hybridized carbons (Fsp3) is 0. The molecule has 2 aliphatic rings. The minimum atomic E-state index is -0.460. The van der Waals surface area contributed by atoms with Crippen LogP contribution in [0.1, 0.15) is 51.2 Å². The monoisotopic (exact) mass is 736 g/mol. The second-order valence-corrected chi connectivity index (χ2v) is 14.9. The van der Waals surface area contributed by atoms with Crippen LogP contribution in [0.5, 0.6) is 0 Å². The maximum atomic E-state index is 13.7. The zero-order chi connectivity index (χ0) is 36.8. The Bertz CT molecular complexity index is 2360. The number of benzene rings is 5. The van der Waals surface area contributed by atoms with Crippen LogP contribution in [0.15, 0.2) is 169 Å². The Kier molecular flexibility index (Phi) is 8.38. The molecular weight excluding hydrogens is 709 g/mol. The summed E-state index contributed by atoms with van der Waals surface area (Å²) in [6.45, 7) is 0. The van der Waals surface area contributed by atoms with Crippen molar-refractivity contribution in [3.63, 3.8) is 0 Å². The Morgan fingerprint density at radius 3 is 0.907 bits per heavy atom. The maximum Gasteiger partial charge on any atom is 0.197 e. The standard InChI is InChI=1S/C46H28N2O4S2/c49-43-35-27-37-38(46(52)40(45(37)51)26-34-22-24-42(54-34)48(31-17-9-3-10-18-31)32-19-11-4-12-20-32)28-36(35)44(50)39(43)25-33-21-23-41(53-33)47(29-13-5-1-6-14-29)30-15-7-2-8-16-30/h1-28H. The lowest BCUT2D eigenvalue weighted by Crippen LogP contribution is -2.07. The molecule has 258 valence electrons. The summed E-state index contributed by atoms with van der Waals surface area (Å²) < 4.78 is 0. The molecule has 0 bridgehead atoms. The molecule has 7 aromatic rings. The van der Waals surface area contributed by atoms with Crippen LogP contribution < -0.4 is 9.80 Å². The molecule has 0 atom stereocenters. The molecule has 5 aromatic carbocycles. The number of Topliss-reactive ketones (excluding diaryl/α,β-unsaturated/α-hetero) is 4. The largest absolute Gasteiger partial charge is 0.302 e. The highest BCUT2D eigenvalue weighted by Gasteiger charge is 2.40. The summed E-state index contributed by atoms with van der Waals surface area (Å²) in [6.07, 6.45) is 3.21. The minimum absolute atomic E-state index is 0.0104. The van der Waals surface area contributed by atoms with Crippen molar-refractivity contribution in [2.45, 2.75) is 0 Å². The minimum Gasteiger partial charge on any atom is -0.302 e. The van der Waals surface area contributed by atoms with Crippen LogP contribution in [0.3, 0.4) is 0 Å². The highest BCUT2D eigenvalue weighted by atomic mass is 32.1. The van der Waals surface area contributed by atoms with E-state index in [2.05, 4.69) is 9.80 Å². The van der Waals surface area contributed by atoms with E-state index in [0.717, 1.165) is 42.5 Å². The number of anilines is 6. The predicted octanol–water partition coefficient (Wildman–Crippen LogP) is 11.7. The SMILES string of the molecule is O=C1C(=Cc2ccc(N(c3ccccc3)c3ccccc3)s2)C(=O)c2cc3c(cc21)C(=O)C(=Cc1ccc(N(c2ccccc2)c2ccccc2)s1)C3=O. The molecule has 0 fully saturated rings. The van der Waals surface area contributed by atoms with E-state index >= 15 is 0 Å². The van der Waals surface area contributed by atoms with Gasteiger partial charge in [-0.25, -0.2) is 0 Å². The van der Waals surface area contributed by atoms with Crippen LogP contribution in [-0.2, 0) is 0 Å². The molecule has 0 saturated carbocycles. The van der Waals surface area contributed by atoms with E-state index < -0.39 is 23.1 Å². The van der Waals surface area contributed by atoms with Gasteiger partial charge in [-0.05, 0) is 97.1 Å². The number of nitrogens with zero attached hydrogens (tertiary/aromatic N) is 2. The molecule has 0 aliphatic heterocycles. The highest BCUT2D eigenvalue weighted by Crippen LogP contribution is 2.42. The van der Waals surface area contributed by atoms with Gasteiger partial charge in [-0.15, -0.1) is 22.7 Å². The van der Waals surface area contributed by atoms with Gasteiger partial charge in [0.05, 0.1) is 11.1 Å². The van der Waals surface area contributed by atoms with Gasteiger partial charge in [-0.2, -0.15) is 0 Å². The number of para-hydroxylation sites is 4. The average Bonchev–Trinajstić information content (AvgIpc) is 3.98. The Labute approximate surface area is 319 Å². The molecule has 0 spiro atoms. The fourth-order valence-corrected chi connectivity index (χ4v) is 8.86. The first-order valence-corrected chi connectivity index (χ1v) is 18.9. The number of carbonyl (C=O) groups excluding carboxylic acids is 4. The van der Waals surface area contributed by atoms with E-state index in [-0.39, 0.29) is 33.4 Å². The van der Waals surface area contributed by atoms with Crippen molar-refractivity contribution in [2.75, 3.05) is 9.80 Å². The number of allylic oxidation sites excluding steroid dienone is 2. The molecule has 9 rings (SSSR count). The van der Waals surface area contributed by atoms with Crippen molar-refractivity contribution >= 4 is 90.7 Å². The van der Waals surface area contributed by atoms with E-state index in [4.69, 9.17) is 0 Å². The summed E-state index contributed by atoms with van der Waals surface area (Å²) in [6, 6.07) is 50.4. The van der Waals surface area contributed by atoms with Crippen LogP contribution >= 0.6 is 22.7 Å². The van der Waals surface area contributed by atoms with Gasteiger partial charge in [0.1, 0.15) is 10.0 Å². The molecule has 2 aromatic heterocycles. The zero-order valence-corrected chi connectivity index (χ0v) is 30.1. The van der Waals surface area contributed by atoms with Gasteiger partial charge in [0.2, 0.25) is 0 Å². The summed E-state index contributed by atoms with van der Waals surface area (Å²) in [4.78, 5) is 60.7. The third-order valence-corrected chi connectivity index (χ3v) is 11.4. The lowest BCUT2D eigenvalue weighted by Gasteiger charge is -2.23.